The first-order valence-electron chi connectivity index (χ1n) is 15.7. The van der Waals surface area contributed by atoms with Crippen LogP contribution in [-0.4, -0.2) is 50.4 Å². The Kier molecular flexibility index (Phi) is 7.85. The zero-order valence-electron chi connectivity index (χ0n) is 25.8. The predicted molar refractivity (Wildman–Crippen MR) is 172 cm³/mol. The van der Waals surface area contributed by atoms with E-state index in [4.69, 9.17) is 30.8 Å². The van der Waals surface area contributed by atoms with Gasteiger partial charge in [-0.1, -0.05) is 35.1 Å². The highest BCUT2D eigenvalue weighted by Gasteiger charge is 2.43. The van der Waals surface area contributed by atoms with Gasteiger partial charge in [-0.15, -0.1) is 10.2 Å². The summed E-state index contributed by atoms with van der Waals surface area (Å²) in [5.74, 6) is 0.519. The summed E-state index contributed by atoms with van der Waals surface area (Å²) in [5, 5.41) is 6.65. The summed E-state index contributed by atoms with van der Waals surface area (Å²) in [7, 11) is 0. The fourth-order valence-corrected chi connectivity index (χ4v) is 7.63. The Morgan fingerprint density at radius 1 is 1.02 bits per heavy atom. The van der Waals surface area contributed by atoms with Crippen molar-refractivity contribution in [3.8, 4) is 22.1 Å². The van der Waals surface area contributed by atoms with Gasteiger partial charge in [-0.25, -0.2) is 9.37 Å². The molecule has 2 fully saturated rings. The van der Waals surface area contributed by atoms with E-state index in [9.17, 15) is 17.6 Å². The maximum Gasteiger partial charge on any atom is 0.445 e. The minimum absolute atomic E-state index is 0.0958. The molecule has 2 saturated heterocycles. The summed E-state index contributed by atoms with van der Waals surface area (Å²) in [6, 6.07) is 15.8. The van der Waals surface area contributed by atoms with E-state index in [-0.39, 0.29) is 22.6 Å². The van der Waals surface area contributed by atoms with E-state index in [2.05, 4.69) is 25.7 Å². The highest BCUT2D eigenvalue weighted by Crippen LogP contribution is 2.50. The fraction of sp³-hybridized carbons (Fsp3) is 0.382. The predicted octanol–water partition coefficient (Wildman–Crippen LogP) is 8.18. The van der Waals surface area contributed by atoms with Crippen LogP contribution in [0, 0.1) is 5.82 Å². The number of nitrogens with zero attached hydrogens (tertiary/aromatic N) is 5. The smallest absolute Gasteiger partial charge is 0.444 e. The number of para-hydroxylation sites is 1. The van der Waals surface area contributed by atoms with Gasteiger partial charge in [-0.2, -0.15) is 13.2 Å². The number of benzene rings is 3. The molecule has 8 nitrogen and oxygen atoms in total. The Bertz CT molecular complexity index is 2010. The summed E-state index contributed by atoms with van der Waals surface area (Å²) in [6.07, 6.45) is -1.73. The second-order valence-corrected chi connectivity index (χ2v) is 13.9. The Morgan fingerprint density at radius 3 is 2.54 bits per heavy atom. The topological polar surface area (TPSA) is 74.5 Å². The summed E-state index contributed by atoms with van der Waals surface area (Å²) < 4.78 is 74.8. The van der Waals surface area contributed by atoms with Crippen molar-refractivity contribution in [2.24, 2.45) is 0 Å². The number of alkyl halides is 3. The lowest BCUT2D eigenvalue weighted by molar-refractivity contribution is -0.138. The monoisotopic (exact) mass is 699 g/mol. The molecule has 48 heavy (non-hydrogen) atoms. The van der Waals surface area contributed by atoms with Gasteiger partial charge in [0, 0.05) is 29.7 Å². The van der Waals surface area contributed by atoms with Crippen molar-refractivity contribution in [1.82, 2.24) is 24.6 Å². The minimum atomic E-state index is -4.54. The van der Waals surface area contributed by atoms with Gasteiger partial charge in [-0.3, -0.25) is 4.90 Å². The van der Waals surface area contributed by atoms with Crippen LogP contribution in [0.1, 0.15) is 54.1 Å². The van der Waals surface area contributed by atoms with Gasteiger partial charge >= 0.3 is 6.18 Å². The summed E-state index contributed by atoms with van der Waals surface area (Å²) in [4.78, 5) is 7.33. The Hall–Kier alpha value is -3.78. The standard InChI is InChI=1S/C34H30ClF4N5O3S/c1-33(24-7-6-21(35)16-25(24)36)46-28-4-2-3-23(30(28)47-33)19-9-12-43(13-10-19)18-29-40-26-15-20(31-41-42-32(48-31)34(37,38)39)5-8-27(26)44(29)17-22-11-14-45-22/h2-8,15-16,19,22H,9-14,17-18H2,1H3/t22-,33?/m0/s1. The second kappa shape index (κ2) is 12.0. The fourth-order valence-electron chi connectivity index (χ4n) is 6.76. The summed E-state index contributed by atoms with van der Waals surface area (Å²) in [6.45, 7) is 5.34. The van der Waals surface area contributed by atoms with E-state index in [1.807, 2.05) is 18.2 Å². The molecule has 2 atom stereocenters. The SMILES string of the molecule is CC1(c2ccc(Cl)cc2F)Oc2cccc(C3CCN(Cc4nc5cc(-c6nnc(C(F)(F)F)s6)ccc5n4C[C@@H]4CCO4)CC3)c2O1. The molecule has 0 aliphatic carbocycles. The highest BCUT2D eigenvalue weighted by atomic mass is 35.5. The van der Waals surface area contributed by atoms with Gasteiger partial charge in [0.15, 0.2) is 11.5 Å². The molecule has 2 aromatic heterocycles. The molecule has 0 N–H and O–H groups in total. The third kappa shape index (κ3) is 5.80. The first-order valence-corrected chi connectivity index (χ1v) is 16.9. The molecular weight excluding hydrogens is 670 g/mol. The summed E-state index contributed by atoms with van der Waals surface area (Å²) >= 11 is 6.50. The van der Waals surface area contributed by atoms with Gasteiger partial charge in [0.1, 0.15) is 16.6 Å². The van der Waals surface area contributed by atoms with Crippen LogP contribution in [0.25, 0.3) is 21.6 Å². The van der Waals surface area contributed by atoms with Gasteiger partial charge in [0.05, 0.1) is 35.8 Å². The molecule has 3 aliphatic rings. The van der Waals surface area contributed by atoms with Crippen LogP contribution in [0.5, 0.6) is 11.5 Å². The number of likely N-dealkylation sites (tertiary alicyclic amines) is 1. The Balaban J connectivity index is 0.998. The molecule has 250 valence electrons. The van der Waals surface area contributed by atoms with E-state index >= 15 is 0 Å². The number of hydrogen-bond acceptors (Lipinski definition) is 8. The van der Waals surface area contributed by atoms with Crippen molar-refractivity contribution < 1.29 is 31.8 Å². The third-order valence-electron chi connectivity index (χ3n) is 9.35. The molecule has 14 heteroatoms. The normalized spacial score (nSPS) is 21.6. The number of hydrogen-bond donors (Lipinski definition) is 0. The molecule has 1 unspecified atom stereocenters. The van der Waals surface area contributed by atoms with E-state index in [0.29, 0.717) is 52.0 Å². The second-order valence-electron chi connectivity index (χ2n) is 12.5. The van der Waals surface area contributed by atoms with Crippen molar-refractivity contribution in [2.75, 3.05) is 19.7 Å². The van der Waals surface area contributed by atoms with Crippen LogP contribution < -0.4 is 9.47 Å². The van der Waals surface area contributed by atoms with Gasteiger partial charge in [0.2, 0.25) is 5.01 Å². The lowest BCUT2D eigenvalue weighted by Crippen LogP contribution is -2.35. The first kappa shape index (κ1) is 31.5. The van der Waals surface area contributed by atoms with Crippen molar-refractivity contribution >= 4 is 34.0 Å². The molecule has 5 heterocycles. The lowest BCUT2D eigenvalue weighted by atomic mass is 9.88. The van der Waals surface area contributed by atoms with Crippen LogP contribution in [0.4, 0.5) is 17.6 Å². The molecule has 0 radical (unpaired) electrons. The first-order chi connectivity index (χ1) is 23.0. The van der Waals surface area contributed by atoms with E-state index in [1.54, 1.807) is 31.2 Å². The average Bonchev–Trinajstić information content (AvgIpc) is 3.74. The zero-order valence-corrected chi connectivity index (χ0v) is 27.3. The Morgan fingerprint density at radius 2 is 1.83 bits per heavy atom. The molecule has 5 aromatic rings. The molecule has 0 spiro atoms. The number of ether oxygens (including phenoxy) is 3. The van der Waals surface area contributed by atoms with Gasteiger partial charge in [-0.05, 0) is 80.7 Å². The van der Waals surface area contributed by atoms with Crippen molar-refractivity contribution in [2.45, 2.75) is 63.3 Å². The number of aromatic nitrogens is 4. The van der Waals surface area contributed by atoms with Gasteiger partial charge in [0.25, 0.3) is 5.79 Å². The van der Waals surface area contributed by atoms with Crippen molar-refractivity contribution in [3.05, 3.63) is 87.4 Å². The zero-order chi connectivity index (χ0) is 33.2. The molecule has 3 aromatic carbocycles. The largest absolute Gasteiger partial charge is 0.445 e. The minimum Gasteiger partial charge on any atom is -0.444 e. The molecule has 3 aliphatic heterocycles. The van der Waals surface area contributed by atoms with Crippen molar-refractivity contribution in [1.29, 1.82) is 0 Å². The quantitative estimate of drug-likeness (QED) is 0.159. The van der Waals surface area contributed by atoms with Crippen molar-refractivity contribution in [3.63, 3.8) is 0 Å². The van der Waals surface area contributed by atoms with Crippen LogP contribution in [0.3, 0.4) is 0 Å². The third-order valence-corrected chi connectivity index (χ3v) is 10.6. The number of piperidine rings is 1. The van der Waals surface area contributed by atoms with E-state index in [1.165, 1.54) is 6.07 Å². The average molecular weight is 700 g/mol. The number of rotatable bonds is 7. The molecule has 0 saturated carbocycles. The molecule has 8 rings (SSSR count). The molecule has 0 bridgehead atoms. The van der Waals surface area contributed by atoms with Crippen LogP contribution in [0.2, 0.25) is 5.02 Å². The molecular formula is C34H30ClF4N5O3S. The van der Waals surface area contributed by atoms with E-state index in [0.717, 1.165) is 55.9 Å². The number of halogens is 5. The number of fused-ring (bicyclic) bond motifs is 2. The Labute approximate surface area is 282 Å². The lowest BCUT2D eigenvalue weighted by Gasteiger charge is -2.33. The maximum absolute atomic E-state index is 14.9. The van der Waals surface area contributed by atoms with Gasteiger partial charge < -0.3 is 18.8 Å². The highest BCUT2D eigenvalue weighted by molar-refractivity contribution is 7.14. The van der Waals surface area contributed by atoms with Crippen LogP contribution >= 0.6 is 22.9 Å². The van der Waals surface area contributed by atoms with E-state index < -0.39 is 22.8 Å². The van der Waals surface area contributed by atoms with Crippen LogP contribution in [-0.2, 0) is 29.8 Å². The number of imidazole rings is 1. The van der Waals surface area contributed by atoms with Crippen LogP contribution in [0.15, 0.2) is 54.6 Å². The summed E-state index contributed by atoms with van der Waals surface area (Å²) in [5.41, 5.74) is 3.46. The maximum atomic E-state index is 14.9. The molecule has 0 amide bonds.